The summed E-state index contributed by atoms with van der Waals surface area (Å²) in [5.41, 5.74) is 1.49. The first-order valence-corrected chi connectivity index (χ1v) is 11.8. The fourth-order valence-corrected chi connectivity index (χ4v) is 5.29. The van der Waals surface area contributed by atoms with Gasteiger partial charge in [-0.25, -0.2) is 14.2 Å². The summed E-state index contributed by atoms with van der Waals surface area (Å²) in [5, 5.41) is 16.8. The molecule has 2 amide bonds. The van der Waals surface area contributed by atoms with Gasteiger partial charge >= 0.3 is 6.03 Å². The summed E-state index contributed by atoms with van der Waals surface area (Å²) in [6.07, 6.45) is 5.09. The van der Waals surface area contributed by atoms with Crippen LogP contribution in [0.5, 0.6) is 0 Å². The number of nitrogens with one attached hydrogen (secondary N) is 3. The molecule has 0 saturated heterocycles. The lowest BCUT2D eigenvalue weighted by molar-refractivity contribution is -0.0694. The molecule has 168 valence electrons. The highest BCUT2D eigenvalue weighted by atomic mass is 79.9. The number of nitrogens with zero attached hydrogens (tertiary/aromatic N) is 1. The standard InChI is InChI=1S/C24H26BrFN4O2/c25-16-3-1-15(2-4-16)13-20(21-27-18-6-5-17(26)14-19(18)28-21)29-22(31)30-23-7-10-24(32,11-8-23)12-9-23/h1-6,14,20,32H,7-13H2,(H,27,28)(H2,29,30,31). The van der Waals surface area contributed by atoms with Gasteiger partial charge in [-0.1, -0.05) is 28.1 Å². The van der Waals surface area contributed by atoms with Crippen LogP contribution in [0.1, 0.15) is 56.0 Å². The third-order valence-corrected chi connectivity index (χ3v) is 7.56. The van der Waals surface area contributed by atoms with Crippen LogP contribution in [0.3, 0.4) is 0 Å². The van der Waals surface area contributed by atoms with Gasteiger partial charge < -0.3 is 20.7 Å². The summed E-state index contributed by atoms with van der Waals surface area (Å²) in [4.78, 5) is 20.9. The number of aromatic amines is 1. The Bertz CT molecular complexity index is 1120. The first-order chi connectivity index (χ1) is 15.3. The van der Waals surface area contributed by atoms with Crippen LogP contribution in [0.25, 0.3) is 11.0 Å². The first kappa shape index (κ1) is 21.4. The van der Waals surface area contributed by atoms with Crippen molar-refractivity contribution in [3.05, 3.63) is 64.1 Å². The van der Waals surface area contributed by atoms with Crippen LogP contribution in [0.15, 0.2) is 46.9 Å². The summed E-state index contributed by atoms with van der Waals surface area (Å²) in [7, 11) is 0. The van der Waals surface area contributed by atoms with Crippen LogP contribution in [0.2, 0.25) is 0 Å². The summed E-state index contributed by atoms with van der Waals surface area (Å²) >= 11 is 3.45. The zero-order valence-electron chi connectivity index (χ0n) is 17.6. The Labute approximate surface area is 194 Å². The highest BCUT2D eigenvalue weighted by Crippen LogP contribution is 2.46. The number of aromatic nitrogens is 2. The molecule has 1 atom stereocenters. The minimum Gasteiger partial charge on any atom is -0.390 e. The quantitative estimate of drug-likeness (QED) is 0.402. The number of carbonyl (C=O) groups is 1. The summed E-state index contributed by atoms with van der Waals surface area (Å²) in [6, 6.07) is 11.7. The minimum atomic E-state index is -0.548. The van der Waals surface area contributed by atoms with Crippen LogP contribution in [-0.4, -0.2) is 32.2 Å². The average Bonchev–Trinajstić information content (AvgIpc) is 3.19. The molecule has 0 spiro atoms. The third-order valence-electron chi connectivity index (χ3n) is 7.04. The number of H-pyrrole nitrogens is 1. The van der Waals surface area contributed by atoms with Crippen LogP contribution >= 0.6 is 15.9 Å². The van der Waals surface area contributed by atoms with Crippen molar-refractivity contribution in [2.24, 2.45) is 0 Å². The molecule has 1 heterocycles. The lowest BCUT2D eigenvalue weighted by Gasteiger charge is -2.51. The molecule has 3 aliphatic carbocycles. The number of hydrogen-bond donors (Lipinski definition) is 4. The molecular weight excluding hydrogens is 475 g/mol. The van der Waals surface area contributed by atoms with Crippen molar-refractivity contribution in [3.63, 3.8) is 0 Å². The van der Waals surface area contributed by atoms with Crippen molar-refractivity contribution in [1.29, 1.82) is 0 Å². The number of halogens is 2. The Morgan fingerprint density at radius 2 is 1.81 bits per heavy atom. The van der Waals surface area contributed by atoms with E-state index in [1.165, 1.54) is 12.1 Å². The third kappa shape index (κ3) is 4.38. The number of aliphatic hydroxyl groups is 1. The second-order valence-corrected chi connectivity index (χ2v) is 10.2. The van der Waals surface area contributed by atoms with E-state index >= 15 is 0 Å². The monoisotopic (exact) mass is 500 g/mol. The van der Waals surface area contributed by atoms with Gasteiger partial charge in [0.1, 0.15) is 11.6 Å². The number of fused-ring (bicyclic) bond motifs is 4. The van der Waals surface area contributed by atoms with Gasteiger partial charge in [0.25, 0.3) is 0 Å². The van der Waals surface area contributed by atoms with Gasteiger partial charge in [-0.05, 0) is 80.8 Å². The number of urea groups is 1. The summed E-state index contributed by atoms with van der Waals surface area (Å²) in [5.74, 6) is 0.249. The highest BCUT2D eigenvalue weighted by molar-refractivity contribution is 9.10. The van der Waals surface area contributed by atoms with Gasteiger partial charge in [-0.2, -0.15) is 0 Å². The van der Waals surface area contributed by atoms with E-state index in [1.54, 1.807) is 6.07 Å². The maximum absolute atomic E-state index is 13.7. The van der Waals surface area contributed by atoms with E-state index in [4.69, 9.17) is 0 Å². The van der Waals surface area contributed by atoms with Gasteiger partial charge in [0.2, 0.25) is 0 Å². The second kappa shape index (κ2) is 8.15. The van der Waals surface area contributed by atoms with E-state index in [-0.39, 0.29) is 17.4 Å². The van der Waals surface area contributed by atoms with Crippen LogP contribution in [-0.2, 0) is 6.42 Å². The van der Waals surface area contributed by atoms with E-state index in [0.717, 1.165) is 48.6 Å². The van der Waals surface area contributed by atoms with Crippen molar-refractivity contribution in [1.82, 2.24) is 20.6 Å². The molecular formula is C24H26BrFN4O2. The van der Waals surface area contributed by atoms with E-state index in [0.29, 0.717) is 23.3 Å². The van der Waals surface area contributed by atoms with Crippen LogP contribution in [0, 0.1) is 5.82 Å². The van der Waals surface area contributed by atoms with E-state index in [1.807, 2.05) is 24.3 Å². The van der Waals surface area contributed by atoms with Crippen molar-refractivity contribution < 1.29 is 14.3 Å². The van der Waals surface area contributed by atoms with Crippen LogP contribution < -0.4 is 10.6 Å². The van der Waals surface area contributed by atoms with E-state index in [9.17, 15) is 14.3 Å². The van der Waals surface area contributed by atoms with Crippen molar-refractivity contribution in [3.8, 4) is 0 Å². The molecule has 3 aliphatic rings. The van der Waals surface area contributed by atoms with Gasteiger partial charge in [0.15, 0.2) is 0 Å². The molecule has 0 radical (unpaired) electrons. The Morgan fingerprint density at radius 1 is 1.12 bits per heavy atom. The minimum absolute atomic E-state index is 0.244. The largest absolute Gasteiger partial charge is 0.390 e. The molecule has 3 saturated carbocycles. The fraction of sp³-hybridized carbons (Fsp3) is 0.417. The Kier molecular flexibility index (Phi) is 5.45. The van der Waals surface area contributed by atoms with E-state index < -0.39 is 11.6 Å². The Morgan fingerprint density at radius 3 is 2.50 bits per heavy atom. The molecule has 2 bridgehead atoms. The molecule has 4 N–H and O–H groups in total. The molecule has 3 aromatic rings. The first-order valence-electron chi connectivity index (χ1n) is 11.0. The van der Waals surface area contributed by atoms with Crippen molar-refractivity contribution in [2.45, 2.75) is 62.1 Å². The number of amides is 2. The van der Waals surface area contributed by atoms with Gasteiger partial charge in [-0.15, -0.1) is 0 Å². The summed E-state index contributed by atoms with van der Waals surface area (Å²) < 4.78 is 14.6. The number of carbonyl (C=O) groups excluding carboxylic acids is 1. The zero-order chi connectivity index (χ0) is 22.3. The molecule has 6 rings (SSSR count). The lowest BCUT2D eigenvalue weighted by atomic mass is 9.63. The maximum Gasteiger partial charge on any atom is 0.315 e. The molecule has 1 aromatic heterocycles. The molecule has 6 nitrogen and oxygen atoms in total. The second-order valence-electron chi connectivity index (χ2n) is 9.27. The number of imidazole rings is 1. The lowest BCUT2D eigenvalue weighted by Crippen LogP contribution is -2.60. The SMILES string of the molecule is O=C(NC(Cc1ccc(Br)cc1)c1nc2ccc(F)cc2[nH]1)NC12CCC(O)(CC1)CC2. The molecule has 8 heteroatoms. The molecule has 1 unspecified atom stereocenters. The molecule has 0 aliphatic heterocycles. The summed E-state index contributed by atoms with van der Waals surface area (Å²) in [6.45, 7) is 0. The van der Waals surface area contributed by atoms with Gasteiger partial charge in [-0.3, -0.25) is 0 Å². The van der Waals surface area contributed by atoms with Gasteiger partial charge in [0, 0.05) is 10.0 Å². The number of rotatable bonds is 5. The normalized spacial score (nSPS) is 25.6. The van der Waals surface area contributed by atoms with E-state index in [2.05, 4.69) is 36.5 Å². The molecule has 2 aromatic carbocycles. The van der Waals surface area contributed by atoms with Crippen molar-refractivity contribution in [2.75, 3.05) is 0 Å². The Balaban J connectivity index is 1.37. The fourth-order valence-electron chi connectivity index (χ4n) is 5.03. The average molecular weight is 501 g/mol. The number of hydrogen-bond acceptors (Lipinski definition) is 3. The van der Waals surface area contributed by atoms with Gasteiger partial charge in [0.05, 0.1) is 22.7 Å². The highest BCUT2D eigenvalue weighted by Gasteiger charge is 2.48. The molecule has 32 heavy (non-hydrogen) atoms. The van der Waals surface area contributed by atoms with Crippen LogP contribution in [0.4, 0.5) is 9.18 Å². The predicted octanol–water partition coefficient (Wildman–Crippen LogP) is 4.89. The molecule has 3 fully saturated rings. The number of benzene rings is 2. The smallest absolute Gasteiger partial charge is 0.315 e. The topological polar surface area (TPSA) is 90.0 Å². The Hall–Kier alpha value is -2.45. The predicted molar refractivity (Wildman–Crippen MR) is 124 cm³/mol. The maximum atomic E-state index is 13.7. The van der Waals surface area contributed by atoms with Crippen molar-refractivity contribution >= 4 is 33.0 Å². The zero-order valence-corrected chi connectivity index (χ0v) is 19.2.